The Morgan fingerprint density at radius 2 is 1.21 bits per heavy atom. The molecular formula is C14H19. The average Bonchev–Trinajstić information content (AvgIpc) is 2.22. The molecule has 0 heterocycles. The summed E-state index contributed by atoms with van der Waals surface area (Å²) in [6, 6.07) is 0. The lowest BCUT2D eigenvalue weighted by Gasteiger charge is -1.91. The molecule has 1 radical (unpaired) electrons. The maximum atomic E-state index is 2.28. The van der Waals surface area contributed by atoms with Crippen molar-refractivity contribution in [1.82, 2.24) is 0 Å². The fraction of sp³-hybridized carbons (Fsp3) is 0.357. The highest BCUT2D eigenvalue weighted by Crippen LogP contribution is 2.01. The van der Waals surface area contributed by atoms with Crippen molar-refractivity contribution in [3.8, 4) is 0 Å². The van der Waals surface area contributed by atoms with Gasteiger partial charge >= 0.3 is 0 Å². The lowest BCUT2D eigenvalue weighted by atomic mass is 10.2. The van der Waals surface area contributed by atoms with E-state index >= 15 is 0 Å². The zero-order valence-electron chi connectivity index (χ0n) is 8.73. The second-order valence-corrected chi connectivity index (χ2v) is 3.39. The van der Waals surface area contributed by atoms with E-state index in [9.17, 15) is 0 Å². The third kappa shape index (κ3) is 6.47. The van der Waals surface area contributed by atoms with E-state index in [1.54, 1.807) is 0 Å². The Bertz CT molecular complexity index is 204. The van der Waals surface area contributed by atoms with E-state index in [1.807, 2.05) is 0 Å². The molecule has 14 heavy (non-hydrogen) atoms. The largest absolute Gasteiger partial charge is 0.0882 e. The van der Waals surface area contributed by atoms with Gasteiger partial charge in [-0.15, -0.1) is 0 Å². The van der Waals surface area contributed by atoms with Gasteiger partial charge in [0.25, 0.3) is 0 Å². The Hall–Kier alpha value is -1.04. The van der Waals surface area contributed by atoms with Gasteiger partial charge in [-0.3, -0.25) is 0 Å². The molecule has 0 bridgehead atoms. The fourth-order valence-corrected chi connectivity index (χ4v) is 1.31. The van der Waals surface area contributed by atoms with Gasteiger partial charge in [0.15, 0.2) is 0 Å². The van der Waals surface area contributed by atoms with Crippen LogP contribution in [0.15, 0.2) is 48.6 Å². The zero-order valence-corrected chi connectivity index (χ0v) is 8.73. The molecule has 0 atom stereocenters. The van der Waals surface area contributed by atoms with Gasteiger partial charge < -0.3 is 0 Å². The number of allylic oxidation sites excluding steroid dienone is 8. The summed E-state index contributed by atoms with van der Waals surface area (Å²) in [5.41, 5.74) is 0. The van der Waals surface area contributed by atoms with Gasteiger partial charge in [0, 0.05) is 6.42 Å². The molecule has 0 spiro atoms. The van der Waals surface area contributed by atoms with Crippen molar-refractivity contribution in [3.63, 3.8) is 0 Å². The lowest BCUT2D eigenvalue weighted by molar-refractivity contribution is 0.865. The van der Waals surface area contributed by atoms with E-state index < -0.39 is 0 Å². The van der Waals surface area contributed by atoms with E-state index in [2.05, 4.69) is 55.0 Å². The van der Waals surface area contributed by atoms with Gasteiger partial charge in [-0.05, 0) is 32.1 Å². The zero-order chi connectivity index (χ0) is 9.90. The summed E-state index contributed by atoms with van der Waals surface area (Å²) in [5.74, 6) is 0. The highest BCUT2D eigenvalue weighted by molar-refractivity contribution is 5.10. The first-order valence-electron chi connectivity index (χ1n) is 5.45. The van der Waals surface area contributed by atoms with Crippen LogP contribution in [0.4, 0.5) is 0 Å². The summed E-state index contributed by atoms with van der Waals surface area (Å²) < 4.78 is 0. The third-order valence-corrected chi connectivity index (χ3v) is 2.11. The van der Waals surface area contributed by atoms with Crippen LogP contribution >= 0.6 is 0 Å². The van der Waals surface area contributed by atoms with Crippen molar-refractivity contribution in [3.05, 3.63) is 55.0 Å². The average molecular weight is 187 g/mol. The lowest BCUT2D eigenvalue weighted by Crippen LogP contribution is -1.71. The summed E-state index contributed by atoms with van der Waals surface area (Å²) in [6.07, 6.45) is 25.5. The smallest absolute Gasteiger partial charge is 0.00442 e. The van der Waals surface area contributed by atoms with Crippen molar-refractivity contribution in [2.24, 2.45) is 0 Å². The number of rotatable bonds is 0. The van der Waals surface area contributed by atoms with E-state index in [1.165, 1.54) is 19.3 Å². The molecule has 75 valence electrons. The number of hydrogen-bond acceptors (Lipinski definition) is 0. The molecule has 0 aromatic rings. The van der Waals surface area contributed by atoms with Crippen molar-refractivity contribution in [2.75, 3.05) is 0 Å². The molecule has 0 aliphatic heterocycles. The SMILES string of the molecule is [CH]1/C=C/C/C=C/C/C=C/CCC/C=C/1. The summed E-state index contributed by atoms with van der Waals surface area (Å²) in [7, 11) is 0. The summed E-state index contributed by atoms with van der Waals surface area (Å²) in [5, 5.41) is 0. The standard InChI is InChI=1S/C14H19/c1-2-4-6-8-10-12-14-13-11-9-7-5-3-1/h1-5,8,10,13-14H,6-7,9,11-12H2/b4-2+,5-3+,10-8+,14-13+. The Balaban J connectivity index is 2.34. The second-order valence-electron chi connectivity index (χ2n) is 3.39. The van der Waals surface area contributed by atoms with Crippen LogP contribution in [0.5, 0.6) is 0 Å². The molecule has 0 unspecified atom stereocenters. The third-order valence-electron chi connectivity index (χ3n) is 2.11. The molecule has 0 fully saturated rings. The van der Waals surface area contributed by atoms with Gasteiger partial charge in [-0.1, -0.05) is 48.6 Å². The van der Waals surface area contributed by atoms with Gasteiger partial charge in [-0.2, -0.15) is 0 Å². The molecule has 0 aromatic heterocycles. The Kier molecular flexibility index (Phi) is 6.74. The van der Waals surface area contributed by atoms with Gasteiger partial charge in [0.1, 0.15) is 0 Å². The maximum Gasteiger partial charge on any atom is 0.00442 e. The molecule has 0 heteroatoms. The Morgan fingerprint density at radius 1 is 0.571 bits per heavy atom. The molecule has 1 rings (SSSR count). The van der Waals surface area contributed by atoms with Crippen molar-refractivity contribution in [2.45, 2.75) is 32.1 Å². The van der Waals surface area contributed by atoms with Crippen LogP contribution in [0.2, 0.25) is 0 Å². The second kappa shape index (κ2) is 8.55. The normalized spacial score (nSPS) is 28.6. The highest BCUT2D eigenvalue weighted by atomic mass is 13.9. The molecule has 0 aromatic carbocycles. The van der Waals surface area contributed by atoms with E-state index in [-0.39, 0.29) is 0 Å². The molecular weight excluding hydrogens is 168 g/mol. The van der Waals surface area contributed by atoms with Crippen LogP contribution in [0.3, 0.4) is 0 Å². The van der Waals surface area contributed by atoms with Crippen LogP contribution in [0.1, 0.15) is 32.1 Å². The predicted octanol–water partition coefficient (Wildman–Crippen LogP) is 4.38. The molecule has 0 nitrogen and oxygen atoms in total. The van der Waals surface area contributed by atoms with E-state index in [0.717, 1.165) is 12.8 Å². The Labute approximate surface area is 87.7 Å². The minimum atomic E-state index is 1.04. The fourth-order valence-electron chi connectivity index (χ4n) is 1.31. The van der Waals surface area contributed by atoms with E-state index in [4.69, 9.17) is 0 Å². The summed E-state index contributed by atoms with van der Waals surface area (Å²) in [6.45, 7) is 0. The monoisotopic (exact) mass is 187 g/mol. The van der Waals surface area contributed by atoms with Crippen LogP contribution in [-0.4, -0.2) is 0 Å². The maximum absolute atomic E-state index is 2.28. The van der Waals surface area contributed by atoms with Crippen LogP contribution in [-0.2, 0) is 0 Å². The molecule has 0 amide bonds. The van der Waals surface area contributed by atoms with Crippen LogP contribution in [0, 0.1) is 6.42 Å². The van der Waals surface area contributed by atoms with E-state index in [0.29, 0.717) is 0 Å². The topological polar surface area (TPSA) is 0 Å². The highest BCUT2D eigenvalue weighted by Gasteiger charge is 1.81. The first-order chi connectivity index (χ1) is 7.00. The summed E-state index contributed by atoms with van der Waals surface area (Å²) >= 11 is 0. The van der Waals surface area contributed by atoms with Gasteiger partial charge in [-0.25, -0.2) is 0 Å². The molecule has 1 aliphatic rings. The van der Waals surface area contributed by atoms with Crippen molar-refractivity contribution in [1.29, 1.82) is 0 Å². The predicted molar refractivity (Wildman–Crippen MR) is 63.9 cm³/mol. The molecule has 0 N–H and O–H groups in total. The minimum absolute atomic E-state index is 1.04. The quantitative estimate of drug-likeness (QED) is 0.494. The van der Waals surface area contributed by atoms with Crippen LogP contribution in [0.25, 0.3) is 0 Å². The first-order valence-corrected chi connectivity index (χ1v) is 5.45. The Morgan fingerprint density at radius 3 is 2.14 bits per heavy atom. The van der Waals surface area contributed by atoms with Crippen molar-refractivity contribution >= 4 is 0 Å². The van der Waals surface area contributed by atoms with Gasteiger partial charge in [0.05, 0.1) is 0 Å². The molecule has 0 saturated carbocycles. The van der Waals surface area contributed by atoms with Crippen LogP contribution < -0.4 is 0 Å². The van der Waals surface area contributed by atoms with Crippen molar-refractivity contribution < 1.29 is 0 Å². The first kappa shape index (κ1) is 11.0. The molecule has 0 saturated heterocycles. The summed E-state index contributed by atoms with van der Waals surface area (Å²) in [4.78, 5) is 0. The molecule has 1 aliphatic carbocycles. The number of hydrogen-bond donors (Lipinski definition) is 0. The van der Waals surface area contributed by atoms with Gasteiger partial charge in [0.2, 0.25) is 0 Å². The minimum Gasteiger partial charge on any atom is -0.0882 e.